The first-order chi connectivity index (χ1) is 5.70. The molecule has 0 saturated carbocycles. The van der Waals surface area contributed by atoms with E-state index in [9.17, 15) is 4.79 Å². The fourth-order valence-corrected chi connectivity index (χ4v) is 1.67. The van der Waals surface area contributed by atoms with Crippen LogP contribution >= 0.6 is 0 Å². The molecule has 5 N–H and O–H groups in total. The topological polar surface area (TPSA) is 84.9 Å². The Balaban J connectivity index is 2.76. The van der Waals surface area contributed by atoms with Crippen LogP contribution in [0.3, 0.4) is 0 Å². The van der Waals surface area contributed by atoms with Crippen LogP contribution < -0.4 is 17.0 Å². The number of anilines is 2. The lowest BCUT2D eigenvalue weighted by atomic mass is 10.1. The largest absolute Gasteiger partial charge is 0.397 e. The van der Waals surface area contributed by atoms with Gasteiger partial charge in [-0.25, -0.2) is 0 Å². The lowest BCUT2D eigenvalue weighted by molar-refractivity contribution is 0.897. The molecule has 0 radical (unpaired) electrons. The van der Waals surface area contributed by atoms with Gasteiger partial charge in [-0.05, 0) is 24.8 Å². The van der Waals surface area contributed by atoms with E-state index in [1.165, 1.54) is 0 Å². The third kappa shape index (κ3) is 0.809. The summed E-state index contributed by atoms with van der Waals surface area (Å²) in [4.78, 5) is 13.9. The van der Waals surface area contributed by atoms with Crippen LogP contribution in [0, 0.1) is 0 Å². The van der Waals surface area contributed by atoms with Crippen molar-refractivity contribution in [1.29, 1.82) is 0 Å². The standard InChI is InChI=1S/C8H11N3O/c9-6-4-2-1-3-5(4)11-8(12)7(6)10/h1-3,10H2,(H3,9,11,12). The molecule has 12 heavy (non-hydrogen) atoms. The first-order valence-electron chi connectivity index (χ1n) is 3.99. The number of rotatable bonds is 0. The normalized spacial score (nSPS) is 14.7. The molecular weight excluding hydrogens is 154 g/mol. The van der Waals surface area contributed by atoms with Gasteiger partial charge in [0, 0.05) is 5.69 Å². The van der Waals surface area contributed by atoms with Crippen molar-refractivity contribution < 1.29 is 0 Å². The number of fused-ring (bicyclic) bond motifs is 1. The third-order valence-corrected chi connectivity index (χ3v) is 2.34. The Labute approximate surface area is 69.6 Å². The fourth-order valence-electron chi connectivity index (χ4n) is 1.67. The van der Waals surface area contributed by atoms with Gasteiger partial charge < -0.3 is 16.5 Å². The molecule has 0 fully saturated rings. The fraction of sp³-hybridized carbons (Fsp3) is 0.375. The number of H-pyrrole nitrogens is 1. The van der Waals surface area contributed by atoms with Crippen molar-refractivity contribution in [2.24, 2.45) is 0 Å². The highest BCUT2D eigenvalue weighted by atomic mass is 16.1. The quantitative estimate of drug-likeness (QED) is 0.507. The van der Waals surface area contributed by atoms with E-state index in [0.717, 1.165) is 30.5 Å². The molecule has 2 rings (SSSR count). The monoisotopic (exact) mass is 165 g/mol. The Kier molecular flexibility index (Phi) is 1.36. The molecule has 1 aromatic rings. The number of nitrogen functional groups attached to an aromatic ring is 2. The molecule has 0 bridgehead atoms. The van der Waals surface area contributed by atoms with Crippen molar-refractivity contribution in [2.75, 3.05) is 11.5 Å². The number of aryl methyl sites for hydroxylation is 1. The molecule has 0 aliphatic heterocycles. The Hall–Kier alpha value is -1.45. The van der Waals surface area contributed by atoms with Crippen molar-refractivity contribution in [1.82, 2.24) is 4.98 Å². The molecule has 1 aliphatic rings. The average Bonchev–Trinajstić information content (AvgIpc) is 2.48. The van der Waals surface area contributed by atoms with Crippen LogP contribution in [0.2, 0.25) is 0 Å². The Morgan fingerprint density at radius 2 is 1.92 bits per heavy atom. The molecule has 4 nitrogen and oxygen atoms in total. The van der Waals surface area contributed by atoms with Gasteiger partial charge in [0.05, 0.1) is 5.69 Å². The first kappa shape index (κ1) is 7.21. The van der Waals surface area contributed by atoms with Crippen LogP contribution in [-0.4, -0.2) is 4.98 Å². The molecule has 1 heterocycles. The minimum Gasteiger partial charge on any atom is -0.397 e. The van der Waals surface area contributed by atoms with Gasteiger partial charge in [-0.3, -0.25) is 4.79 Å². The summed E-state index contributed by atoms with van der Waals surface area (Å²) in [5.41, 5.74) is 13.6. The molecule has 0 aromatic carbocycles. The smallest absolute Gasteiger partial charge is 0.273 e. The minimum absolute atomic E-state index is 0.163. The second kappa shape index (κ2) is 2.27. The van der Waals surface area contributed by atoms with Crippen LogP contribution in [0.1, 0.15) is 17.7 Å². The number of nitrogens with two attached hydrogens (primary N) is 2. The molecule has 0 amide bonds. The van der Waals surface area contributed by atoms with E-state index in [1.54, 1.807) is 0 Å². The van der Waals surface area contributed by atoms with Gasteiger partial charge in [-0.2, -0.15) is 0 Å². The first-order valence-corrected chi connectivity index (χ1v) is 3.99. The highest BCUT2D eigenvalue weighted by molar-refractivity contribution is 5.67. The van der Waals surface area contributed by atoms with E-state index in [0.29, 0.717) is 5.69 Å². The van der Waals surface area contributed by atoms with Crippen LogP contribution in [0.5, 0.6) is 0 Å². The summed E-state index contributed by atoms with van der Waals surface area (Å²) in [5.74, 6) is 0. The number of hydrogen-bond donors (Lipinski definition) is 3. The summed E-state index contributed by atoms with van der Waals surface area (Å²) in [6, 6.07) is 0. The lowest BCUT2D eigenvalue weighted by Gasteiger charge is -2.05. The highest BCUT2D eigenvalue weighted by Gasteiger charge is 2.17. The summed E-state index contributed by atoms with van der Waals surface area (Å²) in [6.07, 6.45) is 2.90. The molecule has 1 aliphatic carbocycles. The van der Waals surface area contributed by atoms with Gasteiger partial charge >= 0.3 is 0 Å². The summed E-state index contributed by atoms with van der Waals surface area (Å²) in [5, 5.41) is 0. The van der Waals surface area contributed by atoms with E-state index in [4.69, 9.17) is 11.5 Å². The van der Waals surface area contributed by atoms with Crippen LogP contribution in [0.15, 0.2) is 4.79 Å². The number of aromatic amines is 1. The predicted molar refractivity (Wildman–Crippen MR) is 47.9 cm³/mol. The Bertz CT molecular complexity index is 381. The molecule has 0 unspecified atom stereocenters. The molecule has 0 saturated heterocycles. The number of aromatic nitrogens is 1. The van der Waals surface area contributed by atoms with Crippen LogP contribution in [-0.2, 0) is 12.8 Å². The predicted octanol–water partition coefficient (Wildman–Crippen LogP) is 0.0280. The average molecular weight is 165 g/mol. The molecule has 4 heteroatoms. The molecule has 1 aromatic heterocycles. The maximum absolute atomic E-state index is 11.1. The van der Waals surface area contributed by atoms with Gasteiger partial charge in [-0.15, -0.1) is 0 Å². The summed E-state index contributed by atoms with van der Waals surface area (Å²) < 4.78 is 0. The van der Waals surface area contributed by atoms with E-state index in [-0.39, 0.29) is 11.2 Å². The minimum atomic E-state index is -0.256. The Morgan fingerprint density at radius 3 is 2.67 bits per heavy atom. The zero-order chi connectivity index (χ0) is 8.72. The number of nitrogens with one attached hydrogen (secondary N) is 1. The second-order valence-corrected chi connectivity index (χ2v) is 3.09. The number of pyridine rings is 1. The molecule has 0 spiro atoms. The van der Waals surface area contributed by atoms with Gasteiger partial charge in [0.1, 0.15) is 5.69 Å². The zero-order valence-corrected chi connectivity index (χ0v) is 6.68. The molecular formula is C8H11N3O. The van der Waals surface area contributed by atoms with Crippen molar-refractivity contribution in [3.8, 4) is 0 Å². The van der Waals surface area contributed by atoms with E-state index in [1.807, 2.05) is 0 Å². The van der Waals surface area contributed by atoms with Gasteiger partial charge in [-0.1, -0.05) is 0 Å². The second-order valence-electron chi connectivity index (χ2n) is 3.09. The summed E-state index contributed by atoms with van der Waals surface area (Å²) >= 11 is 0. The molecule has 64 valence electrons. The van der Waals surface area contributed by atoms with Crippen LogP contribution in [0.25, 0.3) is 0 Å². The van der Waals surface area contributed by atoms with Gasteiger partial charge in [0.15, 0.2) is 0 Å². The zero-order valence-electron chi connectivity index (χ0n) is 6.68. The van der Waals surface area contributed by atoms with Crippen molar-refractivity contribution in [3.63, 3.8) is 0 Å². The molecule has 0 atom stereocenters. The van der Waals surface area contributed by atoms with Crippen LogP contribution in [0.4, 0.5) is 11.4 Å². The lowest BCUT2D eigenvalue weighted by Crippen LogP contribution is -2.17. The summed E-state index contributed by atoms with van der Waals surface area (Å²) in [6.45, 7) is 0. The maximum atomic E-state index is 11.1. The maximum Gasteiger partial charge on any atom is 0.273 e. The Morgan fingerprint density at radius 1 is 1.17 bits per heavy atom. The number of hydrogen-bond acceptors (Lipinski definition) is 3. The van der Waals surface area contributed by atoms with Crippen molar-refractivity contribution in [3.05, 3.63) is 21.6 Å². The van der Waals surface area contributed by atoms with Gasteiger partial charge in [0.25, 0.3) is 5.56 Å². The van der Waals surface area contributed by atoms with Gasteiger partial charge in [0.2, 0.25) is 0 Å². The highest BCUT2D eigenvalue weighted by Crippen LogP contribution is 2.26. The van der Waals surface area contributed by atoms with E-state index in [2.05, 4.69) is 4.98 Å². The summed E-state index contributed by atoms with van der Waals surface area (Å²) in [7, 11) is 0. The van der Waals surface area contributed by atoms with E-state index >= 15 is 0 Å². The van der Waals surface area contributed by atoms with Crippen molar-refractivity contribution in [2.45, 2.75) is 19.3 Å². The SMILES string of the molecule is Nc1c2c([nH]c(=O)c1N)CCC2. The van der Waals surface area contributed by atoms with E-state index < -0.39 is 0 Å². The third-order valence-electron chi connectivity index (χ3n) is 2.34. The van der Waals surface area contributed by atoms with Crippen molar-refractivity contribution >= 4 is 11.4 Å².